The van der Waals surface area contributed by atoms with Gasteiger partial charge in [0.2, 0.25) is 0 Å². The van der Waals surface area contributed by atoms with Gasteiger partial charge in [0.05, 0.1) is 17.7 Å². The highest BCUT2D eigenvalue weighted by Crippen LogP contribution is 2.22. The van der Waals surface area contributed by atoms with E-state index in [9.17, 15) is 0 Å². The van der Waals surface area contributed by atoms with E-state index < -0.39 is 0 Å². The van der Waals surface area contributed by atoms with Gasteiger partial charge in [-0.3, -0.25) is 9.58 Å². The zero-order valence-corrected chi connectivity index (χ0v) is 13.1. The number of hydrogen-bond donors (Lipinski definition) is 0. The minimum atomic E-state index is 0.672. The van der Waals surface area contributed by atoms with Crippen LogP contribution in [0.5, 0.6) is 0 Å². The highest BCUT2D eigenvalue weighted by atomic mass is 16.3. The SMILES string of the molecule is CCn1nccc1CN1CCc2nc(-c3ccco3)ncc2C1. The van der Waals surface area contributed by atoms with Gasteiger partial charge in [-0.05, 0) is 25.1 Å². The van der Waals surface area contributed by atoms with Crippen LogP contribution in [-0.4, -0.2) is 31.2 Å². The molecule has 3 aromatic rings. The molecular formula is C17H19N5O. The van der Waals surface area contributed by atoms with Crippen LogP contribution in [0.25, 0.3) is 11.6 Å². The summed E-state index contributed by atoms with van der Waals surface area (Å²) in [5.74, 6) is 1.40. The van der Waals surface area contributed by atoms with Gasteiger partial charge >= 0.3 is 0 Å². The van der Waals surface area contributed by atoms with Crippen molar-refractivity contribution in [3.8, 4) is 11.6 Å². The van der Waals surface area contributed by atoms with E-state index in [1.54, 1.807) is 6.26 Å². The van der Waals surface area contributed by atoms with E-state index in [0.29, 0.717) is 5.82 Å². The summed E-state index contributed by atoms with van der Waals surface area (Å²) in [4.78, 5) is 11.5. The summed E-state index contributed by atoms with van der Waals surface area (Å²) in [6.45, 7) is 5.81. The second-order valence-corrected chi connectivity index (χ2v) is 5.74. The molecule has 4 heterocycles. The van der Waals surface area contributed by atoms with Crippen LogP contribution in [0, 0.1) is 0 Å². The van der Waals surface area contributed by atoms with Crippen molar-refractivity contribution in [2.45, 2.75) is 33.0 Å². The molecule has 4 rings (SSSR count). The van der Waals surface area contributed by atoms with Crippen LogP contribution >= 0.6 is 0 Å². The predicted molar refractivity (Wildman–Crippen MR) is 85.5 cm³/mol. The molecule has 0 N–H and O–H groups in total. The zero-order chi connectivity index (χ0) is 15.6. The van der Waals surface area contributed by atoms with E-state index in [4.69, 9.17) is 4.42 Å². The molecule has 0 aliphatic carbocycles. The van der Waals surface area contributed by atoms with Crippen molar-refractivity contribution < 1.29 is 4.42 Å². The summed E-state index contributed by atoms with van der Waals surface area (Å²) in [5, 5.41) is 4.34. The van der Waals surface area contributed by atoms with Crippen LogP contribution in [0.15, 0.2) is 41.3 Å². The molecule has 6 nitrogen and oxygen atoms in total. The molecule has 0 amide bonds. The third-order valence-electron chi connectivity index (χ3n) is 4.24. The Bertz CT molecular complexity index is 793. The standard InChI is InChI=1S/C17H19N5O/c1-2-22-14(5-7-19-22)12-21-8-6-15-13(11-21)10-18-17(20-15)16-4-3-9-23-16/h3-5,7,9-10H,2,6,8,11-12H2,1H3. The van der Waals surface area contributed by atoms with Crippen molar-refractivity contribution in [1.29, 1.82) is 0 Å². The first-order valence-corrected chi connectivity index (χ1v) is 7.95. The molecule has 23 heavy (non-hydrogen) atoms. The number of fused-ring (bicyclic) bond motifs is 1. The lowest BCUT2D eigenvalue weighted by Crippen LogP contribution is -2.31. The molecule has 0 fully saturated rings. The maximum absolute atomic E-state index is 5.38. The second kappa shape index (κ2) is 5.96. The lowest BCUT2D eigenvalue weighted by atomic mass is 10.1. The van der Waals surface area contributed by atoms with Gasteiger partial charge < -0.3 is 4.42 Å². The van der Waals surface area contributed by atoms with Gasteiger partial charge in [0.15, 0.2) is 11.6 Å². The number of furan rings is 1. The quantitative estimate of drug-likeness (QED) is 0.741. The van der Waals surface area contributed by atoms with Gasteiger partial charge in [-0.15, -0.1) is 0 Å². The normalized spacial score (nSPS) is 14.8. The lowest BCUT2D eigenvalue weighted by Gasteiger charge is -2.28. The van der Waals surface area contributed by atoms with Crippen molar-refractivity contribution in [3.63, 3.8) is 0 Å². The Morgan fingerprint density at radius 2 is 2.26 bits per heavy atom. The first kappa shape index (κ1) is 14.1. The summed E-state index contributed by atoms with van der Waals surface area (Å²) < 4.78 is 7.43. The third-order valence-corrected chi connectivity index (χ3v) is 4.24. The Morgan fingerprint density at radius 3 is 3.09 bits per heavy atom. The Kier molecular flexibility index (Phi) is 3.67. The fourth-order valence-corrected chi connectivity index (χ4v) is 3.04. The fraction of sp³-hybridized carbons (Fsp3) is 0.353. The van der Waals surface area contributed by atoms with Crippen LogP contribution < -0.4 is 0 Å². The molecule has 6 heteroatoms. The minimum absolute atomic E-state index is 0.672. The summed E-state index contributed by atoms with van der Waals surface area (Å²) in [6.07, 6.45) is 6.39. The monoisotopic (exact) mass is 309 g/mol. The molecule has 0 unspecified atom stereocenters. The van der Waals surface area contributed by atoms with Gasteiger partial charge in [-0.2, -0.15) is 5.10 Å². The Hall–Kier alpha value is -2.47. The number of aryl methyl sites for hydroxylation is 1. The Labute approximate surface area is 134 Å². The van der Waals surface area contributed by atoms with Gasteiger partial charge in [-0.25, -0.2) is 9.97 Å². The van der Waals surface area contributed by atoms with Crippen molar-refractivity contribution in [2.24, 2.45) is 0 Å². The number of hydrogen-bond acceptors (Lipinski definition) is 5. The predicted octanol–water partition coefficient (Wildman–Crippen LogP) is 2.51. The van der Waals surface area contributed by atoms with E-state index >= 15 is 0 Å². The average molecular weight is 309 g/mol. The van der Waals surface area contributed by atoms with Gasteiger partial charge in [-0.1, -0.05) is 0 Å². The molecule has 0 saturated heterocycles. The maximum Gasteiger partial charge on any atom is 0.195 e. The molecule has 0 spiro atoms. The first-order valence-electron chi connectivity index (χ1n) is 7.95. The smallest absolute Gasteiger partial charge is 0.195 e. The molecule has 1 aliphatic rings. The zero-order valence-electron chi connectivity index (χ0n) is 13.1. The van der Waals surface area contributed by atoms with Gasteiger partial charge in [0.1, 0.15) is 0 Å². The highest BCUT2D eigenvalue weighted by Gasteiger charge is 2.20. The largest absolute Gasteiger partial charge is 0.461 e. The van der Waals surface area contributed by atoms with E-state index in [1.165, 1.54) is 11.3 Å². The molecular weight excluding hydrogens is 290 g/mol. The van der Waals surface area contributed by atoms with Crippen molar-refractivity contribution in [3.05, 3.63) is 53.8 Å². The Morgan fingerprint density at radius 1 is 1.30 bits per heavy atom. The van der Waals surface area contributed by atoms with Crippen LogP contribution in [0.3, 0.4) is 0 Å². The summed E-state index contributed by atoms with van der Waals surface area (Å²) in [5.41, 5.74) is 3.59. The van der Waals surface area contributed by atoms with Crippen molar-refractivity contribution in [1.82, 2.24) is 24.6 Å². The molecule has 118 valence electrons. The number of nitrogens with zero attached hydrogens (tertiary/aromatic N) is 5. The minimum Gasteiger partial charge on any atom is -0.461 e. The summed E-state index contributed by atoms with van der Waals surface area (Å²) in [6, 6.07) is 5.84. The molecule has 3 aromatic heterocycles. The van der Waals surface area contributed by atoms with E-state index in [0.717, 1.165) is 44.1 Å². The number of rotatable bonds is 4. The first-order chi connectivity index (χ1) is 11.3. The second-order valence-electron chi connectivity index (χ2n) is 5.74. The maximum atomic E-state index is 5.38. The Balaban J connectivity index is 1.51. The molecule has 1 aliphatic heterocycles. The molecule has 0 saturated carbocycles. The molecule has 0 atom stereocenters. The number of aromatic nitrogens is 4. The fourth-order valence-electron chi connectivity index (χ4n) is 3.04. The van der Waals surface area contributed by atoms with Crippen LogP contribution in [0.4, 0.5) is 0 Å². The molecule has 0 aromatic carbocycles. The highest BCUT2D eigenvalue weighted by molar-refractivity contribution is 5.46. The topological polar surface area (TPSA) is 60.0 Å². The third kappa shape index (κ3) is 2.77. The van der Waals surface area contributed by atoms with E-state index in [2.05, 4.69) is 33.0 Å². The summed E-state index contributed by atoms with van der Waals surface area (Å²) in [7, 11) is 0. The van der Waals surface area contributed by atoms with Crippen LogP contribution in [-0.2, 0) is 26.1 Å². The molecule has 0 radical (unpaired) electrons. The van der Waals surface area contributed by atoms with Crippen LogP contribution in [0.2, 0.25) is 0 Å². The molecule has 0 bridgehead atoms. The van der Waals surface area contributed by atoms with Crippen LogP contribution in [0.1, 0.15) is 23.9 Å². The van der Waals surface area contributed by atoms with Gasteiger partial charge in [0, 0.05) is 50.6 Å². The van der Waals surface area contributed by atoms with Crippen molar-refractivity contribution >= 4 is 0 Å². The van der Waals surface area contributed by atoms with Gasteiger partial charge in [0.25, 0.3) is 0 Å². The van der Waals surface area contributed by atoms with E-state index in [1.807, 2.05) is 29.2 Å². The van der Waals surface area contributed by atoms with Crippen molar-refractivity contribution in [2.75, 3.05) is 6.54 Å². The van der Waals surface area contributed by atoms with E-state index in [-0.39, 0.29) is 0 Å². The lowest BCUT2D eigenvalue weighted by molar-refractivity contribution is 0.235. The average Bonchev–Trinajstić information content (AvgIpc) is 3.26. The summed E-state index contributed by atoms with van der Waals surface area (Å²) >= 11 is 0.